The number of carbonyl (C=O) groups excluding carboxylic acids is 2. The number of carbonyl (C=O) groups is 2. The molecule has 3 aromatic rings. The summed E-state index contributed by atoms with van der Waals surface area (Å²) in [7, 11) is 1.36. The van der Waals surface area contributed by atoms with Crippen molar-refractivity contribution in [1.29, 1.82) is 0 Å². The first-order valence-electron chi connectivity index (χ1n) is 10.8. The standard InChI is InChI=1S/C26H25N3O4S/c1-5-33-22-11-9-20(10-12-22)27-26-28-24(30)23(34-26)15-19-13-16(2)29(17(19)3)21-8-6-7-18(14-21)25(31)32-4/h6-15H,5H2,1-4H3,(H,27,28,30)/b23-15+. The third-order valence-electron chi connectivity index (χ3n) is 5.31. The second-order valence-electron chi connectivity index (χ2n) is 7.61. The first-order chi connectivity index (χ1) is 16.4. The van der Waals surface area contributed by atoms with E-state index in [0.717, 1.165) is 34.1 Å². The SMILES string of the molecule is CCOc1ccc(N=C2NC(=O)/C(=C\c3cc(C)n(-c4cccc(C(=O)OC)c4)c3C)S2)cc1. The third-order valence-corrected chi connectivity index (χ3v) is 6.22. The Hall–Kier alpha value is -3.78. The smallest absolute Gasteiger partial charge is 0.337 e. The van der Waals surface area contributed by atoms with Crippen LogP contribution >= 0.6 is 11.8 Å². The number of aromatic nitrogens is 1. The van der Waals surface area contributed by atoms with Crippen molar-refractivity contribution in [2.45, 2.75) is 20.8 Å². The summed E-state index contributed by atoms with van der Waals surface area (Å²) in [6, 6.07) is 16.7. The maximum absolute atomic E-state index is 12.6. The van der Waals surface area contributed by atoms with Crippen LogP contribution in [-0.4, -0.2) is 35.3 Å². The Balaban J connectivity index is 1.59. The van der Waals surface area contributed by atoms with Crippen LogP contribution in [0, 0.1) is 13.8 Å². The van der Waals surface area contributed by atoms with E-state index in [-0.39, 0.29) is 11.9 Å². The van der Waals surface area contributed by atoms with Crippen molar-refractivity contribution in [3.8, 4) is 11.4 Å². The van der Waals surface area contributed by atoms with Crippen LogP contribution in [0.5, 0.6) is 5.75 Å². The minimum absolute atomic E-state index is 0.188. The molecule has 1 aliphatic rings. The molecule has 174 valence electrons. The number of nitrogens with zero attached hydrogens (tertiary/aromatic N) is 2. The van der Waals surface area contributed by atoms with Crippen LogP contribution < -0.4 is 10.1 Å². The van der Waals surface area contributed by atoms with Crippen LogP contribution in [0.3, 0.4) is 0 Å². The molecule has 7 nitrogen and oxygen atoms in total. The van der Waals surface area contributed by atoms with Gasteiger partial charge in [-0.1, -0.05) is 6.07 Å². The summed E-state index contributed by atoms with van der Waals surface area (Å²) < 4.78 is 12.3. The Kier molecular flexibility index (Phi) is 6.88. The monoisotopic (exact) mass is 475 g/mol. The van der Waals surface area contributed by atoms with Crippen LogP contribution in [-0.2, 0) is 9.53 Å². The summed E-state index contributed by atoms with van der Waals surface area (Å²) in [4.78, 5) is 29.6. The topological polar surface area (TPSA) is 81.9 Å². The van der Waals surface area contributed by atoms with Crippen molar-refractivity contribution < 1.29 is 19.1 Å². The number of hydrogen-bond donors (Lipinski definition) is 1. The maximum Gasteiger partial charge on any atom is 0.337 e. The van der Waals surface area contributed by atoms with Gasteiger partial charge >= 0.3 is 5.97 Å². The Morgan fingerprint density at radius 2 is 1.91 bits per heavy atom. The molecular weight excluding hydrogens is 450 g/mol. The molecule has 0 spiro atoms. The van der Waals surface area contributed by atoms with Crippen LogP contribution in [0.1, 0.15) is 34.2 Å². The Morgan fingerprint density at radius 1 is 1.15 bits per heavy atom. The van der Waals surface area contributed by atoms with E-state index < -0.39 is 0 Å². The largest absolute Gasteiger partial charge is 0.494 e. The zero-order valence-electron chi connectivity index (χ0n) is 19.4. The van der Waals surface area contributed by atoms with E-state index >= 15 is 0 Å². The molecular formula is C26H25N3O4S. The van der Waals surface area contributed by atoms with E-state index in [2.05, 4.69) is 10.3 Å². The van der Waals surface area contributed by atoms with Crippen LogP contribution in [0.15, 0.2) is 64.5 Å². The predicted octanol–water partition coefficient (Wildman–Crippen LogP) is 5.17. The minimum Gasteiger partial charge on any atom is -0.494 e. The molecule has 2 heterocycles. The maximum atomic E-state index is 12.6. The van der Waals surface area contributed by atoms with Gasteiger partial charge in [-0.25, -0.2) is 9.79 Å². The van der Waals surface area contributed by atoms with Gasteiger partial charge < -0.3 is 19.4 Å². The normalized spacial score (nSPS) is 15.6. The van der Waals surface area contributed by atoms with Crippen molar-refractivity contribution in [2.24, 2.45) is 4.99 Å². The highest BCUT2D eigenvalue weighted by molar-refractivity contribution is 8.18. The number of hydrogen-bond acceptors (Lipinski definition) is 6. The van der Waals surface area contributed by atoms with Gasteiger partial charge in [-0.05, 0) is 92.7 Å². The van der Waals surface area contributed by atoms with Gasteiger partial charge in [-0.3, -0.25) is 4.79 Å². The Morgan fingerprint density at radius 3 is 2.62 bits per heavy atom. The number of nitrogens with one attached hydrogen (secondary N) is 1. The van der Waals surface area contributed by atoms with Gasteiger partial charge in [0.25, 0.3) is 5.91 Å². The fourth-order valence-electron chi connectivity index (χ4n) is 3.74. The lowest BCUT2D eigenvalue weighted by molar-refractivity contribution is -0.115. The highest BCUT2D eigenvalue weighted by atomic mass is 32.2. The molecule has 1 aromatic heterocycles. The van der Waals surface area contributed by atoms with E-state index in [9.17, 15) is 9.59 Å². The van der Waals surface area contributed by atoms with Gasteiger partial charge in [0.1, 0.15) is 5.75 Å². The van der Waals surface area contributed by atoms with Crippen LogP contribution in [0.4, 0.5) is 5.69 Å². The molecule has 1 aliphatic heterocycles. The number of methoxy groups -OCH3 is 1. The van der Waals surface area contributed by atoms with Crippen LogP contribution in [0.25, 0.3) is 11.8 Å². The van der Waals surface area contributed by atoms with E-state index in [0.29, 0.717) is 22.2 Å². The fraction of sp³-hybridized carbons (Fsp3) is 0.192. The number of aliphatic imine (C=N–C) groups is 1. The van der Waals surface area contributed by atoms with E-state index in [1.165, 1.54) is 18.9 Å². The number of aryl methyl sites for hydroxylation is 1. The van der Waals surface area contributed by atoms with E-state index in [1.807, 2.05) is 73.9 Å². The van der Waals surface area contributed by atoms with Gasteiger partial charge in [-0.2, -0.15) is 0 Å². The number of benzene rings is 2. The minimum atomic E-state index is -0.384. The van der Waals surface area contributed by atoms with Gasteiger partial charge in [0.15, 0.2) is 5.17 Å². The molecule has 0 bridgehead atoms. The first kappa shape index (κ1) is 23.4. The number of thioether (sulfide) groups is 1. The highest BCUT2D eigenvalue weighted by Crippen LogP contribution is 2.31. The molecule has 1 fully saturated rings. The van der Waals surface area contributed by atoms with Crippen molar-refractivity contribution in [2.75, 3.05) is 13.7 Å². The molecule has 4 rings (SSSR count). The van der Waals surface area contributed by atoms with E-state index in [1.54, 1.807) is 12.1 Å². The lowest BCUT2D eigenvalue weighted by Crippen LogP contribution is -2.19. The number of rotatable bonds is 6. The second-order valence-corrected chi connectivity index (χ2v) is 8.64. The van der Waals surface area contributed by atoms with Crippen molar-refractivity contribution in [3.63, 3.8) is 0 Å². The molecule has 0 radical (unpaired) electrons. The third kappa shape index (κ3) is 4.92. The molecule has 1 N–H and O–H groups in total. The summed E-state index contributed by atoms with van der Waals surface area (Å²) in [5, 5.41) is 3.36. The average molecular weight is 476 g/mol. The van der Waals surface area contributed by atoms with Crippen molar-refractivity contribution >= 4 is 40.6 Å². The van der Waals surface area contributed by atoms with Gasteiger partial charge in [-0.15, -0.1) is 0 Å². The number of amidine groups is 1. The zero-order valence-corrected chi connectivity index (χ0v) is 20.2. The summed E-state index contributed by atoms with van der Waals surface area (Å²) in [6.07, 6.45) is 1.86. The van der Waals surface area contributed by atoms with Crippen LogP contribution in [0.2, 0.25) is 0 Å². The van der Waals surface area contributed by atoms with Gasteiger partial charge in [0.2, 0.25) is 0 Å². The Labute approximate surface area is 202 Å². The molecule has 1 saturated heterocycles. The first-order valence-corrected chi connectivity index (χ1v) is 11.6. The molecule has 2 aromatic carbocycles. The molecule has 0 aliphatic carbocycles. The van der Waals surface area contributed by atoms with Gasteiger partial charge in [0.05, 0.1) is 29.9 Å². The van der Waals surface area contributed by atoms with Crippen molar-refractivity contribution in [1.82, 2.24) is 9.88 Å². The molecule has 0 atom stereocenters. The number of amides is 1. The van der Waals surface area contributed by atoms with Gasteiger partial charge in [0, 0.05) is 17.1 Å². The highest BCUT2D eigenvalue weighted by Gasteiger charge is 2.24. The summed E-state index contributed by atoms with van der Waals surface area (Å²) in [6.45, 7) is 6.51. The lowest BCUT2D eigenvalue weighted by atomic mass is 10.2. The zero-order chi connectivity index (χ0) is 24.2. The average Bonchev–Trinajstić information content (AvgIpc) is 3.32. The van der Waals surface area contributed by atoms with E-state index in [4.69, 9.17) is 9.47 Å². The van der Waals surface area contributed by atoms with Crippen molar-refractivity contribution in [3.05, 3.63) is 82.0 Å². The molecule has 8 heteroatoms. The number of esters is 1. The molecule has 1 amide bonds. The fourth-order valence-corrected chi connectivity index (χ4v) is 4.58. The lowest BCUT2D eigenvalue weighted by Gasteiger charge is -2.11. The second kappa shape index (κ2) is 10.0. The molecule has 0 saturated carbocycles. The number of ether oxygens (including phenoxy) is 2. The molecule has 0 unspecified atom stereocenters. The quantitative estimate of drug-likeness (QED) is 0.393. The summed E-state index contributed by atoms with van der Waals surface area (Å²) >= 11 is 1.30. The summed E-state index contributed by atoms with van der Waals surface area (Å²) in [5.41, 5.74) is 4.92. The summed E-state index contributed by atoms with van der Waals surface area (Å²) in [5.74, 6) is 0.208. The Bertz CT molecular complexity index is 1310. The molecule has 34 heavy (non-hydrogen) atoms. The predicted molar refractivity (Wildman–Crippen MR) is 135 cm³/mol.